The van der Waals surface area contributed by atoms with Crippen LogP contribution in [-0.4, -0.2) is 23.3 Å². The second-order valence-electron chi connectivity index (χ2n) is 6.49. The lowest BCUT2D eigenvalue weighted by molar-refractivity contribution is -0.119. The summed E-state index contributed by atoms with van der Waals surface area (Å²) in [4.78, 5) is 31.1. The molecule has 1 N–H and O–H groups in total. The Hall–Kier alpha value is -3.21. The van der Waals surface area contributed by atoms with Gasteiger partial charge in [0.15, 0.2) is 5.82 Å². The lowest BCUT2D eigenvalue weighted by Gasteiger charge is -2.24. The van der Waals surface area contributed by atoms with Gasteiger partial charge in [-0.2, -0.15) is 0 Å². The van der Waals surface area contributed by atoms with Gasteiger partial charge in [0.05, 0.1) is 11.6 Å². The number of nitrogens with zero attached hydrogens (tertiary/aromatic N) is 2. The molecule has 4 rings (SSSR count). The number of rotatable bonds is 2. The number of fused-ring (bicyclic) bond motifs is 2. The van der Waals surface area contributed by atoms with E-state index in [4.69, 9.17) is 0 Å². The molecule has 1 unspecified atom stereocenters. The first kappa shape index (κ1) is 16.3. The van der Waals surface area contributed by atoms with Crippen LogP contribution < -0.4 is 10.2 Å². The molecule has 3 aromatic rings. The Labute approximate surface area is 151 Å². The van der Waals surface area contributed by atoms with Gasteiger partial charge in [0.1, 0.15) is 0 Å². The van der Waals surface area contributed by atoms with Gasteiger partial charge in [0, 0.05) is 19.2 Å². The van der Waals surface area contributed by atoms with Crippen molar-refractivity contribution >= 4 is 34.1 Å². The number of benzene rings is 2. The monoisotopic (exact) mass is 345 g/mol. The third kappa shape index (κ3) is 2.92. The smallest absolute Gasteiger partial charge is 0.235 e. The SMILES string of the molecule is CC(C(=O)N1CCC(=O)Nc2cccnc21)c1ccc2ccccc2c1. The van der Waals surface area contributed by atoms with Gasteiger partial charge in [-0.05, 0) is 35.4 Å². The van der Waals surface area contributed by atoms with E-state index in [-0.39, 0.29) is 24.2 Å². The molecule has 0 saturated heterocycles. The fourth-order valence-electron chi connectivity index (χ4n) is 3.31. The molecule has 1 aliphatic heterocycles. The fourth-order valence-corrected chi connectivity index (χ4v) is 3.31. The van der Waals surface area contributed by atoms with Gasteiger partial charge in [-0.3, -0.25) is 14.5 Å². The second kappa shape index (κ2) is 6.59. The topological polar surface area (TPSA) is 62.3 Å². The molecule has 0 saturated carbocycles. The molecule has 5 nitrogen and oxygen atoms in total. The van der Waals surface area contributed by atoms with Crippen LogP contribution in [0.5, 0.6) is 0 Å². The Balaban J connectivity index is 1.68. The summed E-state index contributed by atoms with van der Waals surface area (Å²) in [6, 6.07) is 17.7. The van der Waals surface area contributed by atoms with Crippen LogP contribution >= 0.6 is 0 Å². The summed E-state index contributed by atoms with van der Waals surface area (Å²) in [5.74, 6) is 0.0169. The van der Waals surface area contributed by atoms with E-state index in [1.807, 2.05) is 37.3 Å². The summed E-state index contributed by atoms with van der Waals surface area (Å²) < 4.78 is 0. The molecule has 0 radical (unpaired) electrons. The normalized spacial score (nSPS) is 15.1. The van der Waals surface area contributed by atoms with Crippen molar-refractivity contribution in [2.24, 2.45) is 0 Å². The zero-order chi connectivity index (χ0) is 18.1. The first-order valence-electron chi connectivity index (χ1n) is 8.68. The number of pyridine rings is 1. The number of hydrogen-bond acceptors (Lipinski definition) is 3. The Morgan fingerprint density at radius 1 is 1.12 bits per heavy atom. The molecular weight excluding hydrogens is 326 g/mol. The average molecular weight is 345 g/mol. The number of carbonyl (C=O) groups excluding carboxylic acids is 2. The molecule has 1 aliphatic rings. The second-order valence-corrected chi connectivity index (χ2v) is 6.49. The minimum absolute atomic E-state index is 0.0586. The van der Waals surface area contributed by atoms with Gasteiger partial charge in [-0.1, -0.05) is 42.5 Å². The lowest BCUT2D eigenvalue weighted by atomic mass is 9.96. The molecule has 130 valence electrons. The van der Waals surface area contributed by atoms with E-state index in [0.717, 1.165) is 16.3 Å². The van der Waals surface area contributed by atoms with Gasteiger partial charge >= 0.3 is 0 Å². The first-order chi connectivity index (χ1) is 12.6. The molecule has 0 bridgehead atoms. The summed E-state index contributed by atoms with van der Waals surface area (Å²) in [6.45, 7) is 2.22. The quantitative estimate of drug-likeness (QED) is 0.770. The third-order valence-electron chi connectivity index (χ3n) is 4.79. The summed E-state index contributed by atoms with van der Waals surface area (Å²) in [5, 5.41) is 5.07. The van der Waals surface area contributed by atoms with Gasteiger partial charge in [-0.15, -0.1) is 0 Å². The molecule has 0 spiro atoms. The van der Waals surface area contributed by atoms with E-state index in [0.29, 0.717) is 18.1 Å². The number of carbonyl (C=O) groups is 2. The highest BCUT2D eigenvalue weighted by Gasteiger charge is 2.29. The van der Waals surface area contributed by atoms with Gasteiger partial charge < -0.3 is 5.32 Å². The number of nitrogens with one attached hydrogen (secondary N) is 1. The van der Waals surface area contributed by atoms with Crippen molar-refractivity contribution in [1.82, 2.24) is 4.98 Å². The van der Waals surface area contributed by atoms with Crippen molar-refractivity contribution in [2.75, 3.05) is 16.8 Å². The largest absolute Gasteiger partial charge is 0.323 e. The number of amides is 2. The highest BCUT2D eigenvalue weighted by atomic mass is 16.2. The Kier molecular flexibility index (Phi) is 4.13. The van der Waals surface area contributed by atoms with E-state index in [9.17, 15) is 9.59 Å². The Bertz CT molecular complexity index is 999. The molecule has 2 amide bonds. The number of aromatic nitrogens is 1. The maximum Gasteiger partial charge on any atom is 0.235 e. The molecule has 1 aromatic heterocycles. The third-order valence-corrected chi connectivity index (χ3v) is 4.79. The molecule has 5 heteroatoms. The maximum atomic E-state index is 13.2. The number of anilines is 2. The minimum Gasteiger partial charge on any atom is -0.323 e. The van der Waals surface area contributed by atoms with Crippen LogP contribution in [0.15, 0.2) is 60.8 Å². The zero-order valence-corrected chi connectivity index (χ0v) is 14.5. The predicted octanol–water partition coefficient (Wildman–Crippen LogP) is 3.71. The predicted molar refractivity (Wildman–Crippen MR) is 102 cm³/mol. The standard InChI is InChI=1S/C21H19N3O2/c1-14(16-9-8-15-5-2-3-6-17(15)13-16)21(26)24-12-10-19(25)23-18-7-4-11-22-20(18)24/h2-9,11,13-14H,10,12H2,1H3,(H,23,25). The first-order valence-corrected chi connectivity index (χ1v) is 8.68. The van der Waals surface area contributed by atoms with Crippen LogP contribution in [0.1, 0.15) is 24.8 Å². The van der Waals surface area contributed by atoms with Gasteiger partial charge in [0.2, 0.25) is 11.8 Å². The molecule has 2 heterocycles. The lowest BCUT2D eigenvalue weighted by Crippen LogP contribution is -2.35. The van der Waals surface area contributed by atoms with Crippen molar-refractivity contribution in [3.63, 3.8) is 0 Å². The van der Waals surface area contributed by atoms with Crippen LogP contribution in [0.4, 0.5) is 11.5 Å². The molecule has 26 heavy (non-hydrogen) atoms. The fraction of sp³-hybridized carbons (Fsp3) is 0.190. The van der Waals surface area contributed by atoms with E-state index in [1.165, 1.54) is 0 Å². The van der Waals surface area contributed by atoms with Gasteiger partial charge in [-0.25, -0.2) is 4.98 Å². The zero-order valence-electron chi connectivity index (χ0n) is 14.5. The summed E-state index contributed by atoms with van der Waals surface area (Å²) in [7, 11) is 0. The van der Waals surface area contributed by atoms with Crippen molar-refractivity contribution in [3.8, 4) is 0 Å². The van der Waals surface area contributed by atoms with E-state index < -0.39 is 0 Å². The van der Waals surface area contributed by atoms with Crippen LogP contribution in [0.3, 0.4) is 0 Å². The number of hydrogen-bond donors (Lipinski definition) is 1. The van der Waals surface area contributed by atoms with E-state index in [1.54, 1.807) is 23.2 Å². The maximum absolute atomic E-state index is 13.2. The van der Waals surface area contributed by atoms with Crippen LogP contribution in [0, 0.1) is 0 Å². The minimum atomic E-state index is -0.331. The van der Waals surface area contributed by atoms with E-state index in [2.05, 4.69) is 22.4 Å². The Morgan fingerprint density at radius 2 is 1.92 bits per heavy atom. The van der Waals surface area contributed by atoms with Crippen LogP contribution in [-0.2, 0) is 9.59 Å². The summed E-state index contributed by atoms with van der Waals surface area (Å²) >= 11 is 0. The van der Waals surface area contributed by atoms with Crippen LogP contribution in [0.2, 0.25) is 0 Å². The Morgan fingerprint density at radius 3 is 2.77 bits per heavy atom. The molecule has 1 atom stereocenters. The molecular formula is C21H19N3O2. The highest BCUT2D eigenvalue weighted by molar-refractivity contribution is 6.04. The van der Waals surface area contributed by atoms with Crippen molar-refractivity contribution in [2.45, 2.75) is 19.3 Å². The summed E-state index contributed by atoms with van der Waals surface area (Å²) in [6.07, 6.45) is 1.89. The summed E-state index contributed by atoms with van der Waals surface area (Å²) in [5.41, 5.74) is 1.53. The van der Waals surface area contributed by atoms with Crippen LogP contribution in [0.25, 0.3) is 10.8 Å². The molecule has 0 fully saturated rings. The van der Waals surface area contributed by atoms with E-state index >= 15 is 0 Å². The molecule has 0 aliphatic carbocycles. The molecule has 2 aromatic carbocycles. The van der Waals surface area contributed by atoms with Crippen molar-refractivity contribution in [1.29, 1.82) is 0 Å². The van der Waals surface area contributed by atoms with Gasteiger partial charge in [0.25, 0.3) is 0 Å². The van der Waals surface area contributed by atoms with Crippen molar-refractivity contribution in [3.05, 3.63) is 66.4 Å². The average Bonchev–Trinajstić information content (AvgIpc) is 2.84. The van der Waals surface area contributed by atoms with Crippen molar-refractivity contribution < 1.29 is 9.59 Å². The highest BCUT2D eigenvalue weighted by Crippen LogP contribution is 2.30.